The fraction of sp³-hybridized carbons (Fsp3) is 0.278. The minimum absolute atomic E-state index is 0.0882. The quantitative estimate of drug-likeness (QED) is 0.790. The van der Waals surface area contributed by atoms with Gasteiger partial charge in [0.1, 0.15) is 11.5 Å². The van der Waals surface area contributed by atoms with Crippen LogP contribution in [0.25, 0.3) is 0 Å². The Labute approximate surface area is 146 Å². The van der Waals surface area contributed by atoms with Gasteiger partial charge in [0, 0.05) is 29.7 Å². The minimum atomic E-state index is -0.0882. The third-order valence-electron chi connectivity index (χ3n) is 3.55. The topological polar surface area (TPSA) is 59.6 Å². The molecule has 2 N–H and O–H groups in total. The van der Waals surface area contributed by atoms with Crippen molar-refractivity contribution >= 4 is 28.9 Å². The summed E-state index contributed by atoms with van der Waals surface area (Å²) in [5.41, 5.74) is 2.48. The number of ether oxygens (including phenoxy) is 2. The zero-order valence-electron chi connectivity index (χ0n) is 14.0. The number of carbonyl (C=O) groups is 1. The first kappa shape index (κ1) is 17.9. The third kappa shape index (κ3) is 4.80. The predicted octanol–water partition coefficient (Wildman–Crippen LogP) is 4.11. The van der Waals surface area contributed by atoms with Crippen LogP contribution in [-0.2, 0) is 4.79 Å². The monoisotopic (exact) mass is 348 g/mol. The molecule has 6 heteroatoms. The molecule has 0 aliphatic heterocycles. The summed E-state index contributed by atoms with van der Waals surface area (Å²) in [4.78, 5) is 12.1. The molecule has 1 amide bonds. The molecule has 0 spiro atoms. The van der Waals surface area contributed by atoms with Gasteiger partial charge in [-0.05, 0) is 36.8 Å². The molecule has 0 radical (unpaired) electrons. The van der Waals surface area contributed by atoms with Gasteiger partial charge in [0.15, 0.2) is 0 Å². The second-order valence-corrected chi connectivity index (χ2v) is 5.69. The summed E-state index contributed by atoms with van der Waals surface area (Å²) in [5.74, 6) is 1.33. The summed E-state index contributed by atoms with van der Waals surface area (Å²) >= 11 is 5.96. The van der Waals surface area contributed by atoms with Gasteiger partial charge in [0.2, 0.25) is 5.91 Å². The van der Waals surface area contributed by atoms with Gasteiger partial charge in [-0.25, -0.2) is 0 Å². The van der Waals surface area contributed by atoms with Crippen LogP contribution >= 0.6 is 11.6 Å². The zero-order chi connectivity index (χ0) is 17.5. The van der Waals surface area contributed by atoms with Crippen LogP contribution in [0.15, 0.2) is 36.4 Å². The molecule has 0 bridgehead atoms. The van der Waals surface area contributed by atoms with E-state index in [1.165, 1.54) is 0 Å². The maximum atomic E-state index is 12.1. The minimum Gasteiger partial charge on any atom is -0.497 e. The molecule has 0 unspecified atom stereocenters. The number of nitrogens with one attached hydrogen (secondary N) is 2. The molecule has 0 heterocycles. The highest BCUT2D eigenvalue weighted by Gasteiger charge is 2.08. The van der Waals surface area contributed by atoms with Crippen molar-refractivity contribution in [1.29, 1.82) is 0 Å². The number of aryl methyl sites for hydroxylation is 1. The molecule has 24 heavy (non-hydrogen) atoms. The van der Waals surface area contributed by atoms with Crippen LogP contribution in [0, 0.1) is 6.92 Å². The summed E-state index contributed by atoms with van der Waals surface area (Å²) in [7, 11) is 3.20. The lowest BCUT2D eigenvalue weighted by atomic mass is 10.2. The smallest absolute Gasteiger partial charge is 0.226 e. The van der Waals surface area contributed by atoms with Crippen molar-refractivity contribution in [2.75, 3.05) is 31.4 Å². The van der Waals surface area contributed by atoms with E-state index in [1.807, 2.05) is 31.2 Å². The average Bonchev–Trinajstić information content (AvgIpc) is 2.58. The van der Waals surface area contributed by atoms with Crippen LogP contribution in [0.4, 0.5) is 11.4 Å². The van der Waals surface area contributed by atoms with Crippen LogP contribution in [0.3, 0.4) is 0 Å². The first-order chi connectivity index (χ1) is 11.5. The molecule has 0 aliphatic rings. The Kier molecular flexibility index (Phi) is 6.32. The lowest BCUT2D eigenvalue weighted by Gasteiger charge is -2.13. The lowest BCUT2D eigenvalue weighted by molar-refractivity contribution is -0.115. The van der Waals surface area contributed by atoms with E-state index in [2.05, 4.69) is 10.6 Å². The highest BCUT2D eigenvalue weighted by molar-refractivity contribution is 6.31. The highest BCUT2D eigenvalue weighted by Crippen LogP contribution is 2.28. The summed E-state index contributed by atoms with van der Waals surface area (Å²) in [5, 5.41) is 6.65. The van der Waals surface area contributed by atoms with Crippen LogP contribution in [0.1, 0.15) is 12.0 Å². The van der Waals surface area contributed by atoms with Gasteiger partial charge in [-0.1, -0.05) is 17.7 Å². The Hall–Kier alpha value is -2.40. The van der Waals surface area contributed by atoms with Gasteiger partial charge in [-0.3, -0.25) is 4.79 Å². The van der Waals surface area contributed by atoms with Gasteiger partial charge in [-0.15, -0.1) is 0 Å². The molecule has 128 valence electrons. The van der Waals surface area contributed by atoms with Crippen LogP contribution in [-0.4, -0.2) is 26.7 Å². The molecule has 5 nitrogen and oxygen atoms in total. The number of rotatable bonds is 7. The predicted molar refractivity (Wildman–Crippen MR) is 97.5 cm³/mol. The van der Waals surface area contributed by atoms with Crippen molar-refractivity contribution in [2.24, 2.45) is 0 Å². The Morgan fingerprint density at radius 3 is 2.58 bits per heavy atom. The molecule has 0 aromatic heterocycles. The van der Waals surface area contributed by atoms with Crippen molar-refractivity contribution < 1.29 is 14.3 Å². The van der Waals surface area contributed by atoms with Gasteiger partial charge in [0.25, 0.3) is 0 Å². The summed E-state index contributed by atoms with van der Waals surface area (Å²) in [6.45, 7) is 2.39. The Balaban J connectivity index is 1.92. The summed E-state index contributed by atoms with van der Waals surface area (Å²) in [6.07, 6.45) is 0.312. The van der Waals surface area contributed by atoms with Crippen LogP contribution < -0.4 is 20.1 Å². The highest BCUT2D eigenvalue weighted by atomic mass is 35.5. The van der Waals surface area contributed by atoms with Crippen molar-refractivity contribution in [1.82, 2.24) is 0 Å². The number of methoxy groups -OCH3 is 2. The van der Waals surface area contributed by atoms with Crippen molar-refractivity contribution in [3.05, 3.63) is 47.0 Å². The standard InChI is InChI=1S/C18H21ClN2O3/c1-12-4-5-13(19)10-15(12)21-18(22)8-9-20-16-11-14(23-2)6-7-17(16)24-3/h4-7,10-11,20H,8-9H2,1-3H3,(H,21,22). The number of benzene rings is 2. The fourth-order valence-electron chi connectivity index (χ4n) is 2.20. The second-order valence-electron chi connectivity index (χ2n) is 5.25. The molecule has 0 aliphatic carbocycles. The Morgan fingerprint density at radius 2 is 1.88 bits per heavy atom. The van der Waals surface area contributed by atoms with Crippen molar-refractivity contribution in [3.8, 4) is 11.5 Å². The molecule has 0 fully saturated rings. The molecule has 0 saturated heterocycles. The van der Waals surface area contributed by atoms with Gasteiger partial charge < -0.3 is 20.1 Å². The maximum Gasteiger partial charge on any atom is 0.226 e. The Bertz CT molecular complexity index is 719. The first-order valence-corrected chi connectivity index (χ1v) is 7.93. The first-order valence-electron chi connectivity index (χ1n) is 7.55. The van der Waals surface area contributed by atoms with E-state index in [0.717, 1.165) is 22.7 Å². The summed E-state index contributed by atoms with van der Waals surface area (Å²) in [6, 6.07) is 10.9. The fourth-order valence-corrected chi connectivity index (χ4v) is 2.38. The molecule has 2 aromatic carbocycles. The molecule has 0 atom stereocenters. The van der Waals surface area contributed by atoms with E-state index >= 15 is 0 Å². The Morgan fingerprint density at radius 1 is 1.08 bits per heavy atom. The van der Waals surface area contributed by atoms with Crippen LogP contribution in [0.2, 0.25) is 5.02 Å². The van der Waals surface area contributed by atoms with Gasteiger partial charge in [0.05, 0.1) is 19.9 Å². The van der Waals surface area contributed by atoms with E-state index in [1.54, 1.807) is 26.4 Å². The van der Waals surface area contributed by atoms with Crippen molar-refractivity contribution in [2.45, 2.75) is 13.3 Å². The zero-order valence-corrected chi connectivity index (χ0v) is 14.7. The third-order valence-corrected chi connectivity index (χ3v) is 3.78. The number of carbonyl (C=O) groups excluding carboxylic acids is 1. The van der Waals surface area contributed by atoms with Gasteiger partial charge in [-0.2, -0.15) is 0 Å². The largest absolute Gasteiger partial charge is 0.497 e. The number of halogens is 1. The molecular formula is C18H21ClN2O3. The number of hydrogen-bond acceptors (Lipinski definition) is 4. The lowest BCUT2D eigenvalue weighted by Crippen LogP contribution is -2.17. The SMILES string of the molecule is COc1ccc(OC)c(NCCC(=O)Nc2cc(Cl)ccc2C)c1. The normalized spacial score (nSPS) is 10.2. The summed E-state index contributed by atoms with van der Waals surface area (Å²) < 4.78 is 10.5. The van der Waals surface area contributed by atoms with Crippen LogP contribution in [0.5, 0.6) is 11.5 Å². The molecule has 2 aromatic rings. The van der Waals surface area contributed by atoms with Gasteiger partial charge >= 0.3 is 0 Å². The van der Waals surface area contributed by atoms with E-state index in [9.17, 15) is 4.79 Å². The second kappa shape index (κ2) is 8.45. The molecular weight excluding hydrogens is 328 g/mol. The van der Waals surface area contributed by atoms with Crippen molar-refractivity contribution in [3.63, 3.8) is 0 Å². The molecule has 0 saturated carbocycles. The molecule has 2 rings (SSSR count). The number of hydrogen-bond donors (Lipinski definition) is 2. The van der Waals surface area contributed by atoms with E-state index in [-0.39, 0.29) is 5.91 Å². The van der Waals surface area contributed by atoms with E-state index in [4.69, 9.17) is 21.1 Å². The number of anilines is 2. The maximum absolute atomic E-state index is 12.1. The van der Waals surface area contributed by atoms with E-state index < -0.39 is 0 Å². The van der Waals surface area contributed by atoms with E-state index in [0.29, 0.717) is 23.7 Å². The average molecular weight is 349 g/mol. The number of amides is 1.